The first-order chi connectivity index (χ1) is 6.83. The van der Waals surface area contributed by atoms with E-state index in [0.29, 0.717) is 11.8 Å². The molecule has 1 rings (SSSR count). The van der Waals surface area contributed by atoms with E-state index in [-0.39, 0.29) is 11.4 Å². The lowest BCUT2D eigenvalue weighted by molar-refractivity contribution is -0.276. The van der Waals surface area contributed by atoms with E-state index in [1.165, 1.54) is 6.92 Å². The van der Waals surface area contributed by atoms with E-state index in [2.05, 4.69) is 9.72 Å². The Morgan fingerprint density at radius 1 is 1.53 bits per heavy atom. The van der Waals surface area contributed by atoms with Crippen LogP contribution in [0.5, 0.6) is 5.88 Å². The van der Waals surface area contributed by atoms with Gasteiger partial charge in [-0.1, -0.05) is 0 Å². The lowest BCUT2D eigenvalue weighted by Crippen LogP contribution is -2.18. The van der Waals surface area contributed by atoms with Crippen molar-refractivity contribution in [2.24, 2.45) is 0 Å². The van der Waals surface area contributed by atoms with E-state index in [1.54, 1.807) is 0 Å². The van der Waals surface area contributed by atoms with Crippen LogP contribution in [-0.2, 0) is 0 Å². The Labute approximate surface area is 82.9 Å². The van der Waals surface area contributed by atoms with Crippen molar-refractivity contribution in [2.75, 3.05) is 5.73 Å². The van der Waals surface area contributed by atoms with Crippen molar-refractivity contribution in [1.29, 1.82) is 0 Å². The van der Waals surface area contributed by atoms with Crippen LogP contribution in [0.15, 0.2) is 6.07 Å². The van der Waals surface area contributed by atoms with Gasteiger partial charge in [0.05, 0.1) is 0 Å². The fraction of sp³-hybridized carbons (Fsp3) is 0.250. The van der Waals surface area contributed by atoms with Gasteiger partial charge in [0.25, 0.3) is 0 Å². The van der Waals surface area contributed by atoms with Gasteiger partial charge in [-0.05, 0) is 6.92 Å². The predicted octanol–water partition coefficient (Wildman–Crippen LogP) is 1.68. The quantitative estimate of drug-likeness (QED) is 0.770. The molecule has 0 atom stereocenters. The van der Waals surface area contributed by atoms with Gasteiger partial charge in [-0.25, -0.2) is 4.98 Å². The zero-order chi connectivity index (χ0) is 11.6. The summed E-state index contributed by atoms with van der Waals surface area (Å²) in [6.07, 6.45) is -4.54. The molecule has 0 spiro atoms. The molecule has 0 aromatic carbocycles. The fourth-order valence-electron chi connectivity index (χ4n) is 0.910. The van der Waals surface area contributed by atoms with E-state index in [1.807, 2.05) is 0 Å². The number of nitrogen functional groups attached to an aromatic ring is 1. The number of aldehydes is 1. The summed E-state index contributed by atoms with van der Waals surface area (Å²) in [6, 6.07) is 0.913. The van der Waals surface area contributed by atoms with Crippen LogP contribution >= 0.6 is 0 Å². The number of ether oxygens (including phenoxy) is 1. The van der Waals surface area contributed by atoms with Gasteiger partial charge in [0.2, 0.25) is 5.88 Å². The minimum absolute atomic E-state index is 0.0198. The summed E-state index contributed by atoms with van der Waals surface area (Å²) in [6.45, 7) is 1.48. The zero-order valence-corrected chi connectivity index (χ0v) is 7.63. The van der Waals surface area contributed by atoms with E-state index in [4.69, 9.17) is 5.73 Å². The van der Waals surface area contributed by atoms with Gasteiger partial charge in [0, 0.05) is 17.3 Å². The second-order valence-electron chi connectivity index (χ2n) is 2.73. The molecule has 15 heavy (non-hydrogen) atoms. The van der Waals surface area contributed by atoms with Crippen molar-refractivity contribution >= 4 is 12.0 Å². The van der Waals surface area contributed by atoms with Crippen molar-refractivity contribution in [3.63, 3.8) is 0 Å². The number of hydrogen-bond acceptors (Lipinski definition) is 4. The maximum absolute atomic E-state index is 11.8. The average molecular weight is 220 g/mol. The number of alkyl halides is 3. The predicted molar refractivity (Wildman–Crippen MR) is 45.5 cm³/mol. The third-order valence-electron chi connectivity index (χ3n) is 1.66. The van der Waals surface area contributed by atoms with Crippen LogP contribution in [0, 0.1) is 6.92 Å². The van der Waals surface area contributed by atoms with Crippen molar-refractivity contribution in [2.45, 2.75) is 13.3 Å². The van der Waals surface area contributed by atoms with Crippen LogP contribution in [-0.4, -0.2) is 17.6 Å². The second-order valence-corrected chi connectivity index (χ2v) is 2.73. The molecular weight excluding hydrogens is 213 g/mol. The maximum atomic E-state index is 11.8. The summed E-state index contributed by atoms with van der Waals surface area (Å²) in [5, 5.41) is 0. The van der Waals surface area contributed by atoms with Crippen LogP contribution in [0.25, 0.3) is 0 Å². The Balaban J connectivity index is 3.11. The smallest absolute Gasteiger partial charge is 0.398 e. The van der Waals surface area contributed by atoms with Crippen molar-refractivity contribution in [1.82, 2.24) is 4.98 Å². The highest BCUT2D eigenvalue weighted by Gasteiger charge is 2.32. The SMILES string of the molecule is Cc1c(N)cc(OC(F)(F)F)nc1C=O. The standard InChI is InChI=1S/C8H7F3N2O2/c1-4-5(12)2-7(13-6(4)3-14)15-8(9,10)11/h2-3H,1H3,(H2,12,13). The molecule has 0 aliphatic rings. The highest BCUT2D eigenvalue weighted by atomic mass is 19.4. The van der Waals surface area contributed by atoms with Gasteiger partial charge < -0.3 is 10.5 Å². The molecule has 0 amide bonds. The summed E-state index contributed by atoms with van der Waals surface area (Å²) < 4.78 is 39.0. The molecule has 0 radical (unpaired) electrons. The van der Waals surface area contributed by atoms with E-state index in [0.717, 1.165) is 6.07 Å². The Morgan fingerprint density at radius 3 is 2.60 bits per heavy atom. The van der Waals surface area contributed by atoms with Gasteiger partial charge in [0.1, 0.15) is 5.69 Å². The van der Waals surface area contributed by atoms with E-state index in [9.17, 15) is 18.0 Å². The number of carbonyl (C=O) groups excluding carboxylic acids is 1. The van der Waals surface area contributed by atoms with Crippen LogP contribution in [0.3, 0.4) is 0 Å². The molecular formula is C8H7F3N2O2. The van der Waals surface area contributed by atoms with Crippen LogP contribution in [0.1, 0.15) is 16.1 Å². The number of nitrogens with zero attached hydrogens (tertiary/aromatic N) is 1. The largest absolute Gasteiger partial charge is 0.574 e. The molecule has 0 aliphatic carbocycles. The van der Waals surface area contributed by atoms with Crippen LogP contribution < -0.4 is 10.5 Å². The molecule has 1 heterocycles. The van der Waals surface area contributed by atoms with Gasteiger partial charge in [0.15, 0.2) is 6.29 Å². The minimum Gasteiger partial charge on any atom is -0.398 e. The summed E-state index contributed by atoms with van der Waals surface area (Å²) >= 11 is 0. The van der Waals surface area contributed by atoms with Crippen LogP contribution in [0.4, 0.5) is 18.9 Å². The number of nitrogens with two attached hydrogens (primary N) is 1. The summed E-state index contributed by atoms with van der Waals surface area (Å²) in [5.41, 5.74) is 5.54. The number of carbonyl (C=O) groups is 1. The lowest BCUT2D eigenvalue weighted by atomic mass is 10.2. The first-order valence-electron chi connectivity index (χ1n) is 3.81. The van der Waals surface area contributed by atoms with Gasteiger partial charge >= 0.3 is 6.36 Å². The van der Waals surface area contributed by atoms with E-state index >= 15 is 0 Å². The first kappa shape index (κ1) is 11.3. The molecule has 0 aliphatic heterocycles. The van der Waals surface area contributed by atoms with Crippen molar-refractivity contribution < 1.29 is 22.7 Å². The number of hydrogen-bond donors (Lipinski definition) is 1. The number of anilines is 1. The lowest BCUT2D eigenvalue weighted by Gasteiger charge is -2.10. The molecule has 4 nitrogen and oxygen atoms in total. The Hall–Kier alpha value is -1.79. The molecule has 1 aromatic rings. The highest BCUT2D eigenvalue weighted by molar-refractivity contribution is 5.77. The summed E-state index contributed by atoms with van der Waals surface area (Å²) in [4.78, 5) is 13.8. The van der Waals surface area contributed by atoms with Gasteiger partial charge in [-0.3, -0.25) is 4.79 Å². The monoisotopic (exact) mass is 220 g/mol. The van der Waals surface area contributed by atoms with E-state index < -0.39 is 12.2 Å². The Kier molecular flexibility index (Phi) is 2.83. The Morgan fingerprint density at radius 2 is 2.13 bits per heavy atom. The van der Waals surface area contributed by atoms with Crippen molar-refractivity contribution in [3.8, 4) is 5.88 Å². The number of rotatable bonds is 2. The molecule has 82 valence electrons. The summed E-state index contributed by atoms with van der Waals surface area (Å²) in [7, 11) is 0. The molecule has 0 bridgehead atoms. The summed E-state index contributed by atoms with van der Waals surface area (Å²) in [5.74, 6) is -0.743. The molecule has 1 aromatic heterocycles. The molecule has 7 heteroatoms. The average Bonchev–Trinajstić information content (AvgIpc) is 2.08. The zero-order valence-electron chi connectivity index (χ0n) is 7.63. The molecule has 2 N–H and O–H groups in total. The second kappa shape index (κ2) is 3.76. The molecule has 0 saturated heterocycles. The maximum Gasteiger partial charge on any atom is 0.574 e. The number of halogens is 3. The normalized spacial score (nSPS) is 11.2. The number of pyridine rings is 1. The Bertz CT molecular complexity index is 390. The third kappa shape index (κ3) is 2.83. The highest BCUT2D eigenvalue weighted by Crippen LogP contribution is 2.24. The topological polar surface area (TPSA) is 65.2 Å². The number of aromatic nitrogens is 1. The minimum atomic E-state index is -4.85. The molecule has 0 saturated carbocycles. The van der Waals surface area contributed by atoms with Gasteiger partial charge in [-0.2, -0.15) is 0 Å². The fourth-order valence-corrected chi connectivity index (χ4v) is 0.910. The third-order valence-corrected chi connectivity index (χ3v) is 1.66. The molecule has 0 fully saturated rings. The van der Waals surface area contributed by atoms with Crippen LogP contribution in [0.2, 0.25) is 0 Å². The van der Waals surface area contributed by atoms with Gasteiger partial charge in [-0.15, -0.1) is 13.2 Å². The molecule has 0 unspecified atom stereocenters. The first-order valence-corrected chi connectivity index (χ1v) is 3.81. The van der Waals surface area contributed by atoms with Crippen molar-refractivity contribution in [3.05, 3.63) is 17.3 Å².